The molecule has 1 fully saturated rings. The van der Waals surface area contributed by atoms with Gasteiger partial charge in [-0.25, -0.2) is 0 Å². The second kappa shape index (κ2) is 5.88. The van der Waals surface area contributed by atoms with Crippen molar-refractivity contribution in [2.24, 2.45) is 5.92 Å². The number of nitrogens with zero attached hydrogens (tertiary/aromatic N) is 1. The summed E-state index contributed by atoms with van der Waals surface area (Å²) >= 11 is 0. The van der Waals surface area contributed by atoms with Crippen LogP contribution >= 0.6 is 0 Å². The molecule has 0 N–H and O–H groups in total. The molecule has 0 aliphatic carbocycles. The van der Waals surface area contributed by atoms with E-state index in [1.165, 1.54) is 7.11 Å². The summed E-state index contributed by atoms with van der Waals surface area (Å²) in [5.74, 6) is -0.415. The summed E-state index contributed by atoms with van der Waals surface area (Å²) < 4.78 is 4.77. The van der Waals surface area contributed by atoms with E-state index in [2.05, 4.69) is 20.8 Å². The number of rotatable bonds is 2. The fourth-order valence-corrected chi connectivity index (χ4v) is 2.80. The second-order valence-corrected chi connectivity index (χ2v) is 6.56. The molecule has 0 bridgehead atoms. The minimum Gasteiger partial charge on any atom is -0.469 e. The van der Waals surface area contributed by atoms with Crippen LogP contribution in [0.4, 0.5) is 0 Å². The van der Waals surface area contributed by atoms with E-state index >= 15 is 0 Å². The first-order valence-electron chi connectivity index (χ1n) is 7.31. The van der Waals surface area contributed by atoms with Gasteiger partial charge in [-0.3, -0.25) is 9.59 Å². The highest BCUT2D eigenvalue weighted by Crippen LogP contribution is 2.28. The number of carbonyl (C=O) groups is 2. The van der Waals surface area contributed by atoms with E-state index in [9.17, 15) is 9.59 Å². The number of esters is 1. The lowest BCUT2D eigenvalue weighted by Gasteiger charge is -2.25. The van der Waals surface area contributed by atoms with Gasteiger partial charge in [0.15, 0.2) is 0 Å². The highest BCUT2D eigenvalue weighted by Gasteiger charge is 2.33. The lowest BCUT2D eigenvalue weighted by molar-refractivity contribution is -0.144. The predicted molar refractivity (Wildman–Crippen MR) is 81.2 cm³/mol. The van der Waals surface area contributed by atoms with Gasteiger partial charge in [0.1, 0.15) is 0 Å². The SMILES string of the molecule is COC(=O)C1CCN(C(=O)c2ccccc2C(C)(C)C)C1. The van der Waals surface area contributed by atoms with E-state index in [4.69, 9.17) is 4.74 Å². The summed E-state index contributed by atoms with van der Waals surface area (Å²) in [4.78, 5) is 26.1. The summed E-state index contributed by atoms with van der Waals surface area (Å²) in [7, 11) is 1.39. The Kier molecular flexibility index (Phi) is 4.35. The highest BCUT2D eigenvalue weighted by molar-refractivity contribution is 5.96. The molecule has 1 aromatic carbocycles. The molecule has 1 amide bonds. The first kappa shape index (κ1) is 15.5. The Balaban J connectivity index is 2.21. The van der Waals surface area contributed by atoms with Crippen LogP contribution in [0.2, 0.25) is 0 Å². The summed E-state index contributed by atoms with van der Waals surface area (Å²) in [5, 5.41) is 0. The van der Waals surface area contributed by atoms with Crippen LogP contribution in [0.25, 0.3) is 0 Å². The fraction of sp³-hybridized carbons (Fsp3) is 0.529. The second-order valence-electron chi connectivity index (χ2n) is 6.56. The minimum absolute atomic E-state index is 0.00641. The Bertz CT molecular complexity index is 545. The highest BCUT2D eigenvalue weighted by atomic mass is 16.5. The van der Waals surface area contributed by atoms with Crippen molar-refractivity contribution >= 4 is 11.9 Å². The zero-order valence-electron chi connectivity index (χ0n) is 13.2. The molecule has 0 saturated carbocycles. The molecule has 2 rings (SSSR count). The van der Waals surface area contributed by atoms with Crippen LogP contribution in [0.1, 0.15) is 43.1 Å². The Morgan fingerprint density at radius 1 is 1.24 bits per heavy atom. The molecule has 1 aromatic rings. The molecule has 1 unspecified atom stereocenters. The third-order valence-corrected chi connectivity index (χ3v) is 3.98. The van der Waals surface area contributed by atoms with Crippen molar-refractivity contribution in [2.75, 3.05) is 20.2 Å². The van der Waals surface area contributed by atoms with E-state index in [0.717, 1.165) is 11.1 Å². The normalized spacial score (nSPS) is 18.7. The number of benzene rings is 1. The van der Waals surface area contributed by atoms with Gasteiger partial charge < -0.3 is 9.64 Å². The van der Waals surface area contributed by atoms with Crippen LogP contribution in [-0.4, -0.2) is 37.0 Å². The van der Waals surface area contributed by atoms with Gasteiger partial charge in [0, 0.05) is 18.7 Å². The summed E-state index contributed by atoms with van der Waals surface area (Å²) in [5.41, 5.74) is 1.68. The van der Waals surface area contributed by atoms with E-state index < -0.39 is 0 Å². The molecule has 1 heterocycles. The molecule has 0 spiro atoms. The standard InChI is InChI=1S/C17H23NO3/c1-17(2,3)14-8-6-5-7-13(14)15(19)18-10-9-12(11-18)16(20)21-4/h5-8,12H,9-11H2,1-4H3. The number of likely N-dealkylation sites (tertiary alicyclic amines) is 1. The summed E-state index contributed by atoms with van der Waals surface area (Å²) in [6.45, 7) is 7.35. The zero-order chi connectivity index (χ0) is 15.6. The molecule has 4 nitrogen and oxygen atoms in total. The molecule has 4 heteroatoms. The fourth-order valence-electron chi connectivity index (χ4n) is 2.80. The zero-order valence-corrected chi connectivity index (χ0v) is 13.2. The van der Waals surface area contributed by atoms with Gasteiger partial charge >= 0.3 is 5.97 Å². The number of carbonyl (C=O) groups excluding carboxylic acids is 2. The van der Waals surface area contributed by atoms with Crippen molar-refractivity contribution in [2.45, 2.75) is 32.6 Å². The quantitative estimate of drug-likeness (QED) is 0.786. The largest absolute Gasteiger partial charge is 0.469 e. The Hall–Kier alpha value is -1.84. The smallest absolute Gasteiger partial charge is 0.310 e. The molecule has 1 atom stereocenters. The van der Waals surface area contributed by atoms with Gasteiger partial charge in [-0.15, -0.1) is 0 Å². The van der Waals surface area contributed by atoms with Crippen molar-refractivity contribution in [1.29, 1.82) is 0 Å². The maximum atomic E-state index is 12.7. The predicted octanol–water partition coefficient (Wildman–Crippen LogP) is 2.62. The van der Waals surface area contributed by atoms with E-state index in [1.54, 1.807) is 4.90 Å². The molecule has 1 aliphatic heterocycles. The molecule has 1 aliphatic rings. The molecule has 0 aromatic heterocycles. The third kappa shape index (κ3) is 3.26. The lowest BCUT2D eigenvalue weighted by atomic mass is 9.83. The Morgan fingerprint density at radius 2 is 1.90 bits per heavy atom. The van der Waals surface area contributed by atoms with Crippen molar-refractivity contribution < 1.29 is 14.3 Å². The van der Waals surface area contributed by atoms with Crippen LogP contribution in [0.15, 0.2) is 24.3 Å². The number of ether oxygens (including phenoxy) is 1. The van der Waals surface area contributed by atoms with Gasteiger partial charge in [0.25, 0.3) is 5.91 Å². The van der Waals surface area contributed by atoms with Crippen LogP contribution < -0.4 is 0 Å². The van der Waals surface area contributed by atoms with Gasteiger partial charge in [0.2, 0.25) is 0 Å². The topological polar surface area (TPSA) is 46.6 Å². The third-order valence-electron chi connectivity index (χ3n) is 3.98. The van der Waals surface area contributed by atoms with E-state index in [-0.39, 0.29) is 23.2 Å². The first-order chi connectivity index (χ1) is 9.84. The lowest BCUT2D eigenvalue weighted by Crippen LogP contribution is -2.32. The van der Waals surface area contributed by atoms with Gasteiger partial charge in [-0.2, -0.15) is 0 Å². The first-order valence-corrected chi connectivity index (χ1v) is 7.31. The van der Waals surface area contributed by atoms with Crippen molar-refractivity contribution in [3.63, 3.8) is 0 Å². The average molecular weight is 289 g/mol. The van der Waals surface area contributed by atoms with Crippen molar-refractivity contribution in [3.8, 4) is 0 Å². The Morgan fingerprint density at radius 3 is 2.52 bits per heavy atom. The molecular formula is C17H23NO3. The Labute approximate surface area is 126 Å². The van der Waals surface area contributed by atoms with Crippen LogP contribution in [0.3, 0.4) is 0 Å². The van der Waals surface area contributed by atoms with Crippen LogP contribution in [-0.2, 0) is 14.9 Å². The molecular weight excluding hydrogens is 266 g/mol. The van der Waals surface area contributed by atoms with Gasteiger partial charge in [0.05, 0.1) is 13.0 Å². The van der Waals surface area contributed by atoms with Gasteiger partial charge in [-0.1, -0.05) is 39.0 Å². The minimum atomic E-state index is -0.227. The van der Waals surface area contributed by atoms with Crippen LogP contribution in [0.5, 0.6) is 0 Å². The molecule has 1 saturated heterocycles. The van der Waals surface area contributed by atoms with Gasteiger partial charge in [-0.05, 0) is 23.5 Å². The van der Waals surface area contributed by atoms with Crippen LogP contribution in [0, 0.1) is 5.92 Å². The van der Waals surface area contributed by atoms with Crippen molar-refractivity contribution in [3.05, 3.63) is 35.4 Å². The molecule has 114 valence electrons. The average Bonchev–Trinajstić information content (AvgIpc) is 2.94. The van der Waals surface area contributed by atoms with E-state index in [1.807, 2.05) is 24.3 Å². The summed E-state index contributed by atoms with van der Waals surface area (Å²) in [6, 6.07) is 7.71. The number of methoxy groups -OCH3 is 1. The number of hydrogen-bond donors (Lipinski definition) is 0. The monoisotopic (exact) mass is 289 g/mol. The summed E-state index contributed by atoms with van der Waals surface area (Å²) in [6.07, 6.45) is 0.677. The molecule has 21 heavy (non-hydrogen) atoms. The number of amides is 1. The van der Waals surface area contributed by atoms with Crippen molar-refractivity contribution in [1.82, 2.24) is 4.90 Å². The van der Waals surface area contributed by atoms with E-state index in [0.29, 0.717) is 19.5 Å². The molecule has 0 radical (unpaired) electrons. The maximum Gasteiger partial charge on any atom is 0.310 e. The maximum absolute atomic E-state index is 12.7. The number of hydrogen-bond acceptors (Lipinski definition) is 3.